The first kappa shape index (κ1) is 21.6. The Morgan fingerprint density at radius 2 is 2.07 bits per heavy atom. The van der Waals surface area contributed by atoms with Gasteiger partial charge in [-0.25, -0.2) is 8.42 Å². The number of benzene rings is 2. The summed E-state index contributed by atoms with van der Waals surface area (Å²) in [5, 5.41) is 3.25. The summed E-state index contributed by atoms with van der Waals surface area (Å²) >= 11 is 6.01. The molecule has 1 atom stereocenters. The minimum Gasteiger partial charge on any atom is -0.495 e. The molecule has 6 nitrogen and oxygen atoms in total. The maximum absolute atomic E-state index is 13.2. The number of sulfonamides is 1. The molecule has 1 amide bonds. The Balaban J connectivity index is 1.71. The number of piperidine rings is 1. The second kappa shape index (κ2) is 9.15. The molecule has 156 valence electrons. The maximum atomic E-state index is 13.2. The topological polar surface area (TPSA) is 75.7 Å². The van der Waals surface area contributed by atoms with E-state index in [1.165, 1.54) is 23.5 Å². The highest BCUT2D eigenvalue weighted by molar-refractivity contribution is 7.89. The zero-order valence-electron chi connectivity index (χ0n) is 16.5. The summed E-state index contributed by atoms with van der Waals surface area (Å²) in [6, 6.07) is 12.4. The van der Waals surface area contributed by atoms with E-state index < -0.39 is 15.9 Å². The van der Waals surface area contributed by atoms with Gasteiger partial charge in [0.1, 0.15) is 10.6 Å². The lowest BCUT2D eigenvalue weighted by Gasteiger charge is -2.31. The van der Waals surface area contributed by atoms with Crippen molar-refractivity contribution < 1.29 is 17.9 Å². The van der Waals surface area contributed by atoms with Gasteiger partial charge in [-0.1, -0.05) is 41.4 Å². The van der Waals surface area contributed by atoms with Crippen molar-refractivity contribution >= 4 is 27.5 Å². The summed E-state index contributed by atoms with van der Waals surface area (Å²) in [7, 11) is -2.41. The number of halogens is 1. The lowest BCUT2D eigenvalue weighted by atomic mass is 9.98. The molecular formula is C21H25ClN2O4S. The van der Waals surface area contributed by atoms with E-state index in [1.807, 2.05) is 31.2 Å². The van der Waals surface area contributed by atoms with Crippen molar-refractivity contribution in [2.75, 3.05) is 20.2 Å². The van der Waals surface area contributed by atoms with E-state index in [2.05, 4.69) is 5.32 Å². The number of hydrogen-bond donors (Lipinski definition) is 1. The van der Waals surface area contributed by atoms with Crippen LogP contribution in [-0.4, -0.2) is 38.8 Å². The van der Waals surface area contributed by atoms with Crippen molar-refractivity contribution in [2.24, 2.45) is 5.92 Å². The Morgan fingerprint density at radius 3 is 2.79 bits per heavy atom. The molecule has 0 bridgehead atoms. The SMILES string of the molecule is COc1ccc(Cl)cc1S(=O)(=O)N1CCCC(C(=O)NCc2cccc(C)c2)C1. The first-order valence-corrected chi connectivity index (χ1v) is 11.3. The van der Waals surface area contributed by atoms with Gasteiger partial charge in [-0.2, -0.15) is 4.31 Å². The fourth-order valence-corrected chi connectivity index (χ4v) is 5.46. The number of aryl methyl sites for hydroxylation is 1. The summed E-state index contributed by atoms with van der Waals surface area (Å²) < 4.78 is 32.9. The molecule has 1 fully saturated rings. The van der Waals surface area contributed by atoms with E-state index in [-0.39, 0.29) is 23.1 Å². The lowest BCUT2D eigenvalue weighted by molar-refractivity contribution is -0.126. The Morgan fingerprint density at radius 1 is 1.28 bits per heavy atom. The smallest absolute Gasteiger partial charge is 0.246 e. The normalized spacial score (nSPS) is 17.7. The van der Waals surface area contributed by atoms with Crippen LogP contribution in [0.3, 0.4) is 0 Å². The summed E-state index contributed by atoms with van der Waals surface area (Å²) in [4.78, 5) is 12.7. The molecule has 29 heavy (non-hydrogen) atoms. The Labute approximate surface area is 176 Å². The van der Waals surface area contributed by atoms with Crippen LogP contribution in [0.4, 0.5) is 0 Å². The van der Waals surface area contributed by atoms with Crippen molar-refractivity contribution in [1.29, 1.82) is 0 Å². The second-order valence-corrected chi connectivity index (χ2v) is 9.55. The molecule has 1 aliphatic heterocycles. The van der Waals surface area contributed by atoms with Gasteiger partial charge < -0.3 is 10.1 Å². The summed E-state index contributed by atoms with van der Waals surface area (Å²) in [6.45, 7) is 2.92. The third-order valence-electron chi connectivity index (χ3n) is 5.05. The van der Waals surface area contributed by atoms with Gasteiger partial charge in [0, 0.05) is 24.7 Å². The van der Waals surface area contributed by atoms with Gasteiger partial charge in [-0.05, 0) is 43.5 Å². The van der Waals surface area contributed by atoms with Crippen molar-refractivity contribution in [2.45, 2.75) is 31.2 Å². The van der Waals surface area contributed by atoms with Crippen LogP contribution in [0.2, 0.25) is 5.02 Å². The molecule has 0 aromatic heterocycles. The number of nitrogens with one attached hydrogen (secondary N) is 1. The largest absolute Gasteiger partial charge is 0.495 e. The van der Waals surface area contributed by atoms with Crippen molar-refractivity contribution in [3.63, 3.8) is 0 Å². The Kier molecular flexibility index (Phi) is 6.82. The van der Waals surface area contributed by atoms with Crippen LogP contribution < -0.4 is 10.1 Å². The zero-order chi connectivity index (χ0) is 21.0. The quantitative estimate of drug-likeness (QED) is 0.753. The van der Waals surface area contributed by atoms with Crippen LogP contribution >= 0.6 is 11.6 Å². The lowest BCUT2D eigenvalue weighted by Crippen LogP contribution is -2.45. The summed E-state index contributed by atoms with van der Waals surface area (Å²) in [5.41, 5.74) is 2.14. The number of nitrogens with zero attached hydrogens (tertiary/aromatic N) is 1. The molecule has 0 spiro atoms. The maximum Gasteiger partial charge on any atom is 0.246 e. The van der Waals surface area contributed by atoms with Crippen LogP contribution in [0.25, 0.3) is 0 Å². The van der Waals surface area contributed by atoms with Crippen LogP contribution in [0.15, 0.2) is 47.4 Å². The Hall–Kier alpha value is -2.09. The molecular weight excluding hydrogens is 412 g/mol. The van der Waals surface area contributed by atoms with Gasteiger partial charge in [0.2, 0.25) is 15.9 Å². The first-order valence-electron chi connectivity index (χ1n) is 9.48. The zero-order valence-corrected chi connectivity index (χ0v) is 18.1. The minimum atomic E-state index is -3.82. The number of carbonyl (C=O) groups is 1. The molecule has 8 heteroatoms. The summed E-state index contributed by atoms with van der Waals surface area (Å²) in [5.74, 6) is -0.293. The van der Waals surface area contributed by atoms with Crippen molar-refractivity contribution in [3.05, 3.63) is 58.6 Å². The number of amides is 1. The van der Waals surface area contributed by atoms with Gasteiger partial charge in [-0.15, -0.1) is 0 Å². The van der Waals surface area contributed by atoms with Gasteiger partial charge in [0.15, 0.2) is 0 Å². The second-order valence-electron chi connectivity index (χ2n) is 7.20. The number of ether oxygens (including phenoxy) is 1. The van der Waals surface area contributed by atoms with E-state index in [0.717, 1.165) is 11.1 Å². The first-order chi connectivity index (χ1) is 13.8. The molecule has 1 aliphatic rings. The molecule has 0 saturated carbocycles. The van der Waals surface area contributed by atoms with Crippen LogP contribution in [-0.2, 0) is 21.4 Å². The van der Waals surface area contributed by atoms with Gasteiger partial charge >= 0.3 is 0 Å². The average molecular weight is 437 g/mol. The van der Waals surface area contributed by atoms with Crippen molar-refractivity contribution in [3.8, 4) is 5.75 Å². The molecule has 2 aromatic rings. The third-order valence-corrected chi connectivity index (χ3v) is 7.17. The van der Waals surface area contributed by atoms with E-state index in [1.54, 1.807) is 6.07 Å². The molecule has 1 N–H and O–H groups in total. The fraction of sp³-hybridized carbons (Fsp3) is 0.381. The highest BCUT2D eigenvalue weighted by Crippen LogP contribution is 2.32. The van der Waals surface area contributed by atoms with E-state index in [9.17, 15) is 13.2 Å². The van der Waals surface area contributed by atoms with Gasteiger partial charge in [0.25, 0.3) is 0 Å². The average Bonchev–Trinajstić information content (AvgIpc) is 2.72. The van der Waals surface area contributed by atoms with Crippen LogP contribution in [0.5, 0.6) is 5.75 Å². The third kappa shape index (κ3) is 5.10. The predicted molar refractivity (Wildman–Crippen MR) is 113 cm³/mol. The number of hydrogen-bond acceptors (Lipinski definition) is 4. The molecule has 2 aromatic carbocycles. The van der Waals surface area contributed by atoms with Crippen LogP contribution in [0.1, 0.15) is 24.0 Å². The van der Waals surface area contributed by atoms with Crippen molar-refractivity contribution in [1.82, 2.24) is 9.62 Å². The molecule has 1 unspecified atom stereocenters. The highest BCUT2D eigenvalue weighted by atomic mass is 35.5. The predicted octanol–water partition coefficient (Wildman–Crippen LogP) is 3.37. The minimum absolute atomic E-state index is 0.0216. The van der Waals surface area contributed by atoms with E-state index in [4.69, 9.17) is 16.3 Å². The number of rotatable bonds is 6. The molecule has 1 saturated heterocycles. The standard InChI is InChI=1S/C21H25ClN2O4S/c1-15-5-3-6-16(11-15)13-23-21(25)17-7-4-10-24(14-17)29(26,27)20-12-18(22)8-9-19(20)28-2/h3,5-6,8-9,11-12,17H,4,7,10,13-14H2,1-2H3,(H,23,25). The molecule has 0 aliphatic carbocycles. The van der Waals surface area contributed by atoms with Crippen LogP contribution in [0, 0.1) is 12.8 Å². The summed E-state index contributed by atoms with van der Waals surface area (Å²) in [6.07, 6.45) is 1.27. The molecule has 0 radical (unpaired) electrons. The van der Waals surface area contributed by atoms with Gasteiger partial charge in [0.05, 0.1) is 13.0 Å². The van der Waals surface area contributed by atoms with E-state index >= 15 is 0 Å². The van der Waals surface area contributed by atoms with E-state index in [0.29, 0.717) is 31.0 Å². The highest BCUT2D eigenvalue weighted by Gasteiger charge is 2.34. The number of methoxy groups -OCH3 is 1. The molecule has 3 rings (SSSR count). The molecule has 1 heterocycles. The Bertz CT molecular complexity index is 994. The fourth-order valence-electron chi connectivity index (χ4n) is 3.52. The van der Waals surface area contributed by atoms with Gasteiger partial charge in [-0.3, -0.25) is 4.79 Å². The number of carbonyl (C=O) groups excluding carboxylic acids is 1. The monoisotopic (exact) mass is 436 g/mol.